The van der Waals surface area contributed by atoms with Crippen LogP contribution in [0, 0.1) is 0 Å². The lowest BCUT2D eigenvalue weighted by Gasteiger charge is -2.11. The first-order valence-corrected chi connectivity index (χ1v) is 6.72. The van der Waals surface area contributed by atoms with Crippen molar-refractivity contribution in [2.24, 2.45) is 0 Å². The van der Waals surface area contributed by atoms with E-state index < -0.39 is 0 Å². The van der Waals surface area contributed by atoms with E-state index in [0.717, 1.165) is 28.3 Å². The second-order valence-electron chi connectivity index (χ2n) is 4.41. The molecule has 0 amide bonds. The van der Waals surface area contributed by atoms with Crippen LogP contribution in [0.5, 0.6) is 11.5 Å². The van der Waals surface area contributed by atoms with Gasteiger partial charge in [-0.3, -0.25) is 0 Å². The third-order valence-corrected chi connectivity index (χ3v) is 3.42. The minimum Gasteiger partial charge on any atom is -0.493 e. The van der Waals surface area contributed by atoms with Crippen LogP contribution in [0.15, 0.2) is 36.4 Å². The van der Waals surface area contributed by atoms with E-state index in [4.69, 9.17) is 21.1 Å². The summed E-state index contributed by atoms with van der Waals surface area (Å²) in [5.41, 5.74) is 3.14. The molecule has 0 fully saturated rings. The monoisotopic (exact) mass is 291 g/mol. The van der Waals surface area contributed by atoms with Gasteiger partial charge in [-0.2, -0.15) is 0 Å². The van der Waals surface area contributed by atoms with E-state index in [1.807, 2.05) is 37.4 Å². The van der Waals surface area contributed by atoms with E-state index >= 15 is 0 Å². The lowest BCUT2D eigenvalue weighted by Crippen LogP contribution is -2.04. The minimum absolute atomic E-state index is 0.695. The van der Waals surface area contributed by atoms with Gasteiger partial charge in [-0.1, -0.05) is 29.8 Å². The quantitative estimate of drug-likeness (QED) is 0.910. The van der Waals surface area contributed by atoms with Gasteiger partial charge in [0.25, 0.3) is 0 Å². The Morgan fingerprint density at radius 3 is 2.35 bits per heavy atom. The normalized spacial score (nSPS) is 10.4. The molecule has 0 aliphatic heterocycles. The molecule has 2 rings (SSSR count). The molecular weight excluding hydrogens is 274 g/mol. The van der Waals surface area contributed by atoms with E-state index in [-0.39, 0.29) is 0 Å². The zero-order valence-electron chi connectivity index (χ0n) is 11.9. The van der Waals surface area contributed by atoms with Crippen molar-refractivity contribution in [2.75, 3.05) is 21.3 Å². The molecule has 4 heteroatoms. The molecule has 20 heavy (non-hydrogen) atoms. The molecule has 1 N–H and O–H groups in total. The molecule has 0 aliphatic carbocycles. The van der Waals surface area contributed by atoms with Crippen molar-refractivity contribution in [2.45, 2.75) is 6.54 Å². The zero-order chi connectivity index (χ0) is 14.5. The maximum absolute atomic E-state index is 6.37. The number of benzene rings is 2. The molecule has 0 atom stereocenters. The minimum atomic E-state index is 0.695. The van der Waals surface area contributed by atoms with Gasteiger partial charge in [-0.15, -0.1) is 0 Å². The Hall–Kier alpha value is -1.71. The van der Waals surface area contributed by atoms with Crippen molar-refractivity contribution in [3.8, 4) is 22.6 Å². The van der Waals surface area contributed by atoms with E-state index in [0.29, 0.717) is 11.5 Å². The third kappa shape index (κ3) is 3.06. The molecule has 0 aliphatic rings. The molecule has 0 unspecified atom stereocenters. The van der Waals surface area contributed by atoms with E-state index in [1.165, 1.54) is 0 Å². The van der Waals surface area contributed by atoms with Crippen LogP contribution < -0.4 is 14.8 Å². The SMILES string of the molecule is CNCc1ccc(-c2ccc(OC)c(OC)c2)c(Cl)c1. The number of methoxy groups -OCH3 is 2. The van der Waals surface area contributed by atoms with Crippen molar-refractivity contribution in [3.05, 3.63) is 47.0 Å². The van der Waals surface area contributed by atoms with Gasteiger partial charge in [0.1, 0.15) is 0 Å². The Morgan fingerprint density at radius 1 is 1.00 bits per heavy atom. The summed E-state index contributed by atoms with van der Waals surface area (Å²) in [6.07, 6.45) is 0. The Balaban J connectivity index is 2.41. The highest BCUT2D eigenvalue weighted by Gasteiger charge is 2.09. The predicted octanol–water partition coefficient (Wildman–Crippen LogP) is 3.74. The average molecular weight is 292 g/mol. The van der Waals surface area contributed by atoms with Crippen LogP contribution in [0.2, 0.25) is 5.02 Å². The first kappa shape index (κ1) is 14.7. The molecule has 0 heterocycles. The molecule has 0 saturated heterocycles. The summed E-state index contributed by atoms with van der Waals surface area (Å²) in [5.74, 6) is 1.40. The number of hydrogen-bond acceptors (Lipinski definition) is 3. The lowest BCUT2D eigenvalue weighted by atomic mass is 10.0. The molecule has 0 spiro atoms. The third-order valence-electron chi connectivity index (χ3n) is 3.11. The summed E-state index contributed by atoms with van der Waals surface area (Å²) >= 11 is 6.37. The fourth-order valence-corrected chi connectivity index (χ4v) is 2.42. The Kier molecular flexibility index (Phi) is 4.88. The van der Waals surface area contributed by atoms with E-state index in [2.05, 4.69) is 11.4 Å². The van der Waals surface area contributed by atoms with Gasteiger partial charge in [0, 0.05) is 17.1 Å². The van der Waals surface area contributed by atoms with Crippen molar-refractivity contribution < 1.29 is 9.47 Å². The van der Waals surface area contributed by atoms with Gasteiger partial charge in [-0.05, 0) is 36.4 Å². The Labute approximate surface area is 124 Å². The standard InChI is InChI=1S/C16H18ClNO2/c1-18-10-11-4-6-13(14(17)8-11)12-5-7-15(19-2)16(9-12)20-3/h4-9,18H,10H2,1-3H3. The first-order valence-electron chi connectivity index (χ1n) is 6.35. The second-order valence-corrected chi connectivity index (χ2v) is 4.82. The molecule has 106 valence electrons. The number of halogens is 1. The van der Waals surface area contributed by atoms with Gasteiger partial charge in [0.2, 0.25) is 0 Å². The van der Waals surface area contributed by atoms with Crippen LogP contribution in [0.3, 0.4) is 0 Å². The van der Waals surface area contributed by atoms with Crippen LogP contribution in [0.25, 0.3) is 11.1 Å². The van der Waals surface area contributed by atoms with E-state index in [9.17, 15) is 0 Å². The summed E-state index contributed by atoms with van der Waals surface area (Å²) in [6, 6.07) is 11.8. The molecular formula is C16H18ClNO2. The van der Waals surface area contributed by atoms with Crippen LogP contribution in [0.1, 0.15) is 5.56 Å². The molecule has 0 radical (unpaired) electrons. The fraction of sp³-hybridized carbons (Fsp3) is 0.250. The van der Waals surface area contributed by atoms with Crippen molar-refractivity contribution in [1.29, 1.82) is 0 Å². The highest BCUT2D eigenvalue weighted by Crippen LogP contribution is 2.35. The molecule has 0 aromatic heterocycles. The second kappa shape index (κ2) is 6.64. The van der Waals surface area contributed by atoms with Crippen LogP contribution in [-0.4, -0.2) is 21.3 Å². The smallest absolute Gasteiger partial charge is 0.161 e. The largest absolute Gasteiger partial charge is 0.493 e. The predicted molar refractivity (Wildman–Crippen MR) is 82.8 cm³/mol. The van der Waals surface area contributed by atoms with Gasteiger partial charge >= 0.3 is 0 Å². The van der Waals surface area contributed by atoms with Crippen LogP contribution in [0.4, 0.5) is 0 Å². The first-order chi connectivity index (χ1) is 9.69. The molecule has 2 aromatic rings. The summed E-state index contributed by atoms with van der Waals surface area (Å²) in [5, 5.41) is 3.84. The molecule has 0 bridgehead atoms. The fourth-order valence-electron chi connectivity index (χ4n) is 2.11. The summed E-state index contributed by atoms with van der Waals surface area (Å²) in [6.45, 7) is 0.798. The van der Waals surface area contributed by atoms with Gasteiger partial charge in [-0.25, -0.2) is 0 Å². The van der Waals surface area contributed by atoms with Crippen molar-refractivity contribution in [1.82, 2.24) is 5.32 Å². The zero-order valence-corrected chi connectivity index (χ0v) is 12.6. The van der Waals surface area contributed by atoms with Crippen molar-refractivity contribution >= 4 is 11.6 Å². The number of hydrogen-bond donors (Lipinski definition) is 1. The van der Waals surface area contributed by atoms with Crippen LogP contribution in [-0.2, 0) is 6.54 Å². The molecule has 0 saturated carbocycles. The summed E-state index contributed by atoms with van der Waals surface area (Å²) < 4.78 is 10.6. The Morgan fingerprint density at radius 2 is 1.75 bits per heavy atom. The molecule has 3 nitrogen and oxygen atoms in total. The lowest BCUT2D eigenvalue weighted by molar-refractivity contribution is 0.355. The van der Waals surface area contributed by atoms with Crippen molar-refractivity contribution in [3.63, 3.8) is 0 Å². The van der Waals surface area contributed by atoms with E-state index in [1.54, 1.807) is 14.2 Å². The Bertz CT molecular complexity index is 599. The molecule has 2 aromatic carbocycles. The maximum atomic E-state index is 6.37. The summed E-state index contributed by atoms with van der Waals surface area (Å²) in [7, 11) is 5.16. The van der Waals surface area contributed by atoms with Gasteiger partial charge in [0.05, 0.1) is 14.2 Å². The highest BCUT2D eigenvalue weighted by molar-refractivity contribution is 6.33. The van der Waals surface area contributed by atoms with Crippen LogP contribution >= 0.6 is 11.6 Å². The maximum Gasteiger partial charge on any atom is 0.161 e. The number of rotatable bonds is 5. The topological polar surface area (TPSA) is 30.5 Å². The van der Waals surface area contributed by atoms with Gasteiger partial charge in [0.15, 0.2) is 11.5 Å². The number of ether oxygens (including phenoxy) is 2. The number of nitrogens with one attached hydrogen (secondary N) is 1. The average Bonchev–Trinajstić information content (AvgIpc) is 2.47. The highest BCUT2D eigenvalue weighted by atomic mass is 35.5. The summed E-state index contributed by atoms with van der Waals surface area (Å²) in [4.78, 5) is 0. The van der Waals surface area contributed by atoms with Gasteiger partial charge < -0.3 is 14.8 Å².